The Hall–Kier alpha value is -1.14. The van der Waals surface area contributed by atoms with Gasteiger partial charge in [0.2, 0.25) is 0 Å². The predicted molar refractivity (Wildman–Crippen MR) is 91.7 cm³/mol. The standard InChI is InChI=1S/C18H25NO3S/c1-15-6-7-18(23-15)13-19(12-16-4-2-9-21-16)8-11-20-14-17-5-3-10-22-17/h2,4,6-7,9,17H,3,5,8,10-14H2,1H3. The molecule has 1 aliphatic rings. The Balaban J connectivity index is 1.47. The van der Waals surface area contributed by atoms with Gasteiger partial charge in [-0.1, -0.05) is 0 Å². The smallest absolute Gasteiger partial charge is 0.117 e. The van der Waals surface area contributed by atoms with Crippen molar-refractivity contribution in [3.05, 3.63) is 46.0 Å². The lowest BCUT2D eigenvalue weighted by Gasteiger charge is -2.21. The summed E-state index contributed by atoms with van der Waals surface area (Å²) in [6.45, 7) is 7.11. The summed E-state index contributed by atoms with van der Waals surface area (Å²) in [5, 5.41) is 0. The number of hydrogen-bond donors (Lipinski definition) is 0. The zero-order valence-corrected chi connectivity index (χ0v) is 14.5. The van der Waals surface area contributed by atoms with Crippen molar-refractivity contribution in [2.45, 2.75) is 39.0 Å². The SMILES string of the molecule is Cc1ccc(CN(CCOCC2CCCO2)Cc2ccco2)s1. The Labute approximate surface area is 142 Å². The second-order valence-corrected chi connectivity index (χ2v) is 7.38. The fraction of sp³-hybridized carbons (Fsp3) is 0.556. The van der Waals surface area contributed by atoms with Crippen LogP contribution in [0.15, 0.2) is 34.9 Å². The van der Waals surface area contributed by atoms with E-state index >= 15 is 0 Å². The Kier molecular flexibility index (Phi) is 6.28. The molecule has 4 nitrogen and oxygen atoms in total. The molecule has 126 valence electrons. The fourth-order valence-electron chi connectivity index (χ4n) is 2.81. The summed E-state index contributed by atoms with van der Waals surface area (Å²) in [5.41, 5.74) is 0. The van der Waals surface area contributed by atoms with E-state index < -0.39 is 0 Å². The maximum absolute atomic E-state index is 5.82. The van der Waals surface area contributed by atoms with E-state index in [2.05, 4.69) is 24.0 Å². The third-order valence-corrected chi connectivity index (χ3v) is 5.00. The number of ether oxygens (including phenoxy) is 2. The van der Waals surface area contributed by atoms with Crippen LogP contribution in [0.5, 0.6) is 0 Å². The molecule has 0 aliphatic carbocycles. The average Bonchev–Trinajstić information content (AvgIpc) is 3.27. The molecular weight excluding hydrogens is 310 g/mol. The number of furan rings is 1. The molecule has 1 aliphatic heterocycles. The lowest BCUT2D eigenvalue weighted by molar-refractivity contribution is 0.00881. The molecule has 0 saturated carbocycles. The molecule has 0 aromatic carbocycles. The third kappa shape index (κ3) is 5.46. The zero-order valence-electron chi connectivity index (χ0n) is 13.7. The summed E-state index contributed by atoms with van der Waals surface area (Å²) >= 11 is 1.86. The number of aryl methyl sites for hydroxylation is 1. The van der Waals surface area contributed by atoms with Crippen LogP contribution in [0.4, 0.5) is 0 Å². The van der Waals surface area contributed by atoms with Crippen molar-refractivity contribution in [2.75, 3.05) is 26.4 Å². The van der Waals surface area contributed by atoms with Gasteiger partial charge < -0.3 is 13.9 Å². The van der Waals surface area contributed by atoms with Crippen molar-refractivity contribution >= 4 is 11.3 Å². The highest BCUT2D eigenvalue weighted by Gasteiger charge is 2.16. The van der Waals surface area contributed by atoms with Gasteiger partial charge in [-0.2, -0.15) is 0 Å². The molecule has 0 spiro atoms. The van der Waals surface area contributed by atoms with Crippen molar-refractivity contribution in [3.8, 4) is 0 Å². The van der Waals surface area contributed by atoms with E-state index in [4.69, 9.17) is 13.9 Å². The largest absolute Gasteiger partial charge is 0.468 e. The first-order valence-electron chi connectivity index (χ1n) is 8.29. The molecule has 23 heavy (non-hydrogen) atoms. The molecule has 1 fully saturated rings. The number of rotatable bonds is 9. The molecular formula is C18H25NO3S. The first kappa shape index (κ1) is 16.7. The molecule has 2 aromatic heterocycles. The van der Waals surface area contributed by atoms with Crippen LogP contribution in [0.1, 0.15) is 28.4 Å². The van der Waals surface area contributed by atoms with Crippen molar-refractivity contribution in [2.24, 2.45) is 0 Å². The molecule has 1 unspecified atom stereocenters. The Morgan fingerprint density at radius 2 is 2.26 bits per heavy atom. The average molecular weight is 335 g/mol. The minimum Gasteiger partial charge on any atom is -0.468 e. The van der Waals surface area contributed by atoms with Gasteiger partial charge in [-0.3, -0.25) is 4.90 Å². The van der Waals surface area contributed by atoms with Crippen molar-refractivity contribution in [3.63, 3.8) is 0 Å². The molecule has 1 saturated heterocycles. The monoisotopic (exact) mass is 335 g/mol. The molecule has 3 rings (SSSR count). The van der Waals surface area contributed by atoms with Crippen LogP contribution in [-0.2, 0) is 22.6 Å². The number of nitrogens with zero attached hydrogens (tertiary/aromatic N) is 1. The predicted octanol–water partition coefficient (Wildman–Crippen LogP) is 3.85. The van der Waals surface area contributed by atoms with Gasteiger partial charge in [0.1, 0.15) is 5.76 Å². The minimum absolute atomic E-state index is 0.300. The van der Waals surface area contributed by atoms with Gasteiger partial charge in [0.15, 0.2) is 0 Å². The van der Waals surface area contributed by atoms with Gasteiger partial charge in [-0.25, -0.2) is 0 Å². The van der Waals surface area contributed by atoms with E-state index in [1.165, 1.54) is 9.75 Å². The van der Waals surface area contributed by atoms with E-state index in [1.807, 2.05) is 23.5 Å². The van der Waals surface area contributed by atoms with E-state index in [0.717, 1.165) is 51.4 Å². The van der Waals surface area contributed by atoms with E-state index in [1.54, 1.807) is 6.26 Å². The zero-order chi connectivity index (χ0) is 15.9. The molecule has 0 N–H and O–H groups in total. The second kappa shape index (κ2) is 8.64. The summed E-state index contributed by atoms with van der Waals surface area (Å²) in [4.78, 5) is 5.11. The first-order chi connectivity index (χ1) is 11.3. The van der Waals surface area contributed by atoms with Crippen LogP contribution in [-0.4, -0.2) is 37.4 Å². The summed E-state index contributed by atoms with van der Waals surface area (Å²) in [6.07, 6.45) is 4.32. The van der Waals surface area contributed by atoms with Crippen LogP contribution >= 0.6 is 11.3 Å². The molecule has 2 aromatic rings. The molecule has 5 heteroatoms. The number of hydrogen-bond acceptors (Lipinski definition) is 5. The topological polar surface area (TPSA) is 34.8 Å². The van der Waals surface area contributed by atoms with Crippen LogP contribution in [0.3, 0.4) is 0 Å². The summed E-state index contributed by atoms with van der Waals surface area (Å²) in [5.74, 6) is 0.998. The van der Waals surface area contributed by atoms with Crippen molar-refractivity contribution in [1.82, 2.24) is 4.90 Å². The lowest BCUT2D eigenvalue weighted by atomic mass is 10.2. The maximum Gasteiger partial charge on any atom is 0.117 e. The lowest BCUT2D eigenvalue weighted by Crippen LogP contribution is -2.27. The highest BCUT2D eigenvalue weighted by Crippen LogP contribution is 2.18. The molecule has 3 heterocycles. The van der Waals surface area contributed by atoms with Crippen molar-refractivity contribution < 1.29 is 13.9 Å². The molecule has 0 radical (unpaired) electrons. The highest BCUT2D eigenvalue weighted by atomic mass is 32.1. The Morgan fingerprint density at radius 1 is 1.30 bits per heavy atom. The Bertz CT molecular complexity index is 561. The maximum atomic E-state index is 5.82. The number of thiophene rings is 1. The van der Waals surface area contributed by atoms with Gasteiger partial charge in [-0.05, 0) is 44.0 Å². The minimum atomic E-state index is 0.300. The summed E-state index contributed by atoms with van der Waals surface area (Å²) in [6, 6.07) is 8.36. The molecule has 0 bridgehead atoms. The molecule has 1 atom stereocenters. The van der Waals surface area contributed by atoms with Crippen LogP contribution in [0.2, 0.25) is 0 Å². The Morgan fingerprint density at radius 3 is 2.96 bits per heavy atom. The highest BCUT2D eigenvalue weighted by molar-refractivity contribution is 7.11. The van der Waals surface area contributed by atoms with E-state index in [9.17, 15) is 0 Å². The van der Waals surface area contributed by atoms with Gasteiger partial charge in [-0.15, -0.1) is 11.3 Å². The quantitative estimate of drug-likeness (QED) is 0.652. The van der Waals surface area contributed by atoms with Crippen LogP contribution in [0, 0.1) is 6.92 Å². The first-order valence-corrected chi connectivity index (χ1v) is 9.10. The van der Waals surface area contributed by atoms with Crippen LogP contribution < -0.4 is 0 Å². The van der Waals surface area contributed by atoms with Crippen molar-refractivity contribution in [1.29, 1.82) is 0 Å². The van der Waals surface area contributed by atoms with Gasteiger partial charge >= 0.3 is 0 Å². The second-order valence-electron chi connectivity index (χ2n) is 6.01. The van der Waals surface area contributed by atoms with Gasteiger partial charge in [0, 0.05) is 29.5 Å². The fourth-order valence-corrected chi connectivity index (χ4v) is 3.74. The van der Waals surface area contributed by atoms with E-state index in [0.29, 0.717) is 12.7 Å². The third-order valence-electron chi connectivity index (χ3n) is 4.01. The van der Waals surface area contributed by atoms with E-state index in [-0.39, 0.29) is 0 Å². The van der Waals surface area contributed by atoms with Gasteiger partial charge in [0.25, 0.3) is 0 Å². The van der Waals surface area contributed by atoms with Crippen LogP contribution in [0.25, 0.3) is 0 Å². The van der Waals surface area contributed by atoms with Gasteiger partial charge in [0.05, 0.1) is 32.1 Å². The summed E-state index contributed by atoms with van der Waals surface area (Å²) in [7, 11) is 0. The normalized spacial score (nSPS) is 18.1. The molecule has 0 amide bonds. The summed E-state index contributed by atoms with van der Waals surface area (Å²) < 4.78 is 16.9.